The van der Waals surface area contributed by atoms with E-state index in [0.717, 1.165) is 24.0 Å². The van der Waals surface area contributed by atoms with Gasteiger partial charge >= 0.3 is 0 Å². The van der Waals surface area contributed by atoms with E-state index in [2.05, 4.69) is 21.2 Å². The molecule has 1 aromatic carbocycles. The minimum Gasteiger partial charge on any atom is -0.316 e. The van der Waals surface area contributed by atoms with E-state index in [1.165, 1.54) is 0 Å². The van der Waals surface area contributed by atoms with Crippen molar-refractivity contribution in [3.8, 4) is 0 Å². The lowest BCUT2D eigenvalue weighted by Crippen LogP contribution is -2.52. The van der Waals surface area contributed by atoms with E-state index in [1.807, 2.05) is 0 Å². The third kappa shape index (κ3) is 2.72. The third-order valence-corrected chi connectivity index (χ3v) is 6.28. The van der Waals surface area contributed by atoms with Crippen LogP contribution in [0.5, 0.6) is 0 Å². The molecular weight excluding hydrogens is 328 g/mol. The van der Waals surface area contributed by atoms with Gasteiger partial charge < -0.3 is 5.32 Å². The molecule has 19 heavy (non-hydrogen) atoms. The van der Waals surface area contributed by atoms with Gasteiger partial charge in [0.05, 0.1) is 4.90 Å². The Hall–Kier alpha value is -0.430. The zero-order chi connectivity index (χ0) is 13.5. The largest absolute Gasteiger partial charge is 0.316 e. The summed E-state index contributed by atoms with van der Waals surface area (Å²) in [6.07, 6.45) is 1.15. The molecular formula is C13H17BrN2O2S. The molecule has 2 heterocycles. The average Bonchev–Trinajstić information content (AvgIpc) is 2.38. The second-order valence-electron chi connectivity index (χ2n) is 5.40. The first-order chi connectivity index (χ1) is 9.05. The molecule has 104 valence electrons. The van der Waals surface area contributed by atoms with Crippen molar-refractivity contribution in [2.45, 2.75) is 11.3 Å². The fourth-order valence-corrected chi connectivity index (χ4v) is 4.87. The summed E-state index contributed by atoms with van der Waals surface area (Å²) in [4.78, 5) is 0.392. The molecule has 3 rings (SSSR count). The van der Waals surface area contributed by atoms with Gasteiger partial charge in [-0.1, -0.05) is 15.9 Å². The SMILES string of the molecule is O=S(=O)(c1ccc(Br)cc1)N1C[C@@H]2CNC[C@@H](C2)C1. The number of piperidine rings is 2. The van der Waals surface area contributed by atoms with Crippen LogP contribution in [0.4, 0.5) is 0 Å². The van der Waals surface area contributed by atoms with E-state index < -0.39 is 10.0 Å². The number of rotatable bonds is 2. The fourth-order valence-electron chi connectivity index (χ4n) is 3.01. The van der Waals surface area contributed by atoms with E-state index in [9.17, 15) is 8.42 Å². The summed E-state index contributed by atoms with van der Waals surface area (Å²) in [5, 5.41) is 3.38. The number of fused-ring (bicyclic) bond motifs is 2. The van der Waals surface area contributed by atoms with Crippen LogP contribution in [0.3, 0.4) is 0 Å². The standard InChI is InChI=1S/C13H17BrN2O2S/c14-12-1-3-13(4-2-12)19(17,18)16-8-10-5-11(9-16)7-15-6-10/h1-4,10-11,15H,5-9H2/t10-,11+. The van der Waals surface area contributed by atoms with Crippen molar-refractivity contribution in [1.82, 2.24) is 9.62 Å². The molecule has 0 saturated carbocycles. The minimum absolute atomic E-state index is 0.392. The number of halogens is 1. The third-order valence-electron chi connectivity index (χ3n) is 3.91. The van der Waals surface area contributed by atoms with Crippen LogP contribution in [0.2, 0.25) is 0 Å². The Balaban J connectivity index is 1.86. The van der Waals surface area contributed by atoms with Crippen LogP contribution in [-0.4, -0.2) is 38.9 Å². The summed E-state index contributed by atoms with van der Waals surface area (Å²) in [5.41, 5.74) is 0. The van der Waals surface area contributed by atoms with Gasteiger partial charge in [-0.05, 0) is 55.6 Å². The Morgan fingerprint density at radius 3 is 2.26 bits per heavy atom. The van der Waals surface area contributed by atoms with Crippen LogP contribution in [0.25, 0.3) is 0 Å². The predicted octanol–water partition coefficient (Wildman–Crippen LogP) is 1.68. The van der Waals surface area contributed by atoms with Gasteiger partial charge in [0.1, 0.15) is 0 Å². The highest BCUT2D eigenvalue weighted by atomic mass is 79.9. The number of nitrogens with zero attached hydrogens (tertiary/aromatic N) is 1. The highest BCUT2D eigenvalue weighted by Gasteiger charge is 2.36. The van der Waals surface area contributed by atoms with E-state index >= 15 is 0 Å². The molecule has 1 N–H and O–H groups in total. The predicted molar refractivity (Wildman–Crippen MR) is 77.4 cm³/mol. The Morgan fingerprint density at radius 2 is 1.68 bits per heavy atom. The van der Waals surface area contributed by atoms with Crippen molar-refractivity contribution >= 4 is 26.0 Å². The van der Waals surface area contributed by atoms with Crippen LogP contribution in [0, 0.1) is 11.8 Å². The number of benzene rings is 1. The lowest BCUT2D eigenvalue weighted by Gasteiger charge is -2.40. The highest BCUT2D eigenvalue weighted by molar-refractivity contribution is 9.10. The van der Waals surface area contributed by atoms with Crippen molar-refractivity contribution in [2.24, 2.45) is 11.8 Å². The molecule has 6 heteroatoms. The molecule has 0 aromatic heterocycles. The average molecular weight is 345 g/mol. The first-order valence-electron chi connectivity index (χ1n) is 6.52. The molecule has 0 radical (unpaired) electrons. The Labute approximate surface area is 122 Å². The molecule has 2 bridgehead atoms. The molecule has 0 amide bonds. The first-order valence-corrected chi connectivity index (χ1v) is 8.75. The summed E-state index contributed by atoms with van der Waals surface area (Å²) in [6, 6.07) is 6.89. The van der Waals surface area contributed by atoms with Crippen molar-refractivity contribution in [3.05, 3.63) is 28.7 Å². The Kier molecular flexibility index (Phi) is 3.68. The normalized spacial score (nSPS) is 28.3. The summed E-state index contributed by atoms with van der Waals surface area (Å²) in [5.74, 6) is 0.912. The lowest BCUT2D eigenvalue weighted by molar-refractivity contribution is 0.158. The minimum atomic E-state index is -3.34. The molecule has 0 unspecified atom stereocenters. The maximum Gasteiger partial charge on any atom is 0.243 e. The van der Waals surface area contributed by atoms with Crippen LogP contribution >= 0.6 is 15.9 Å². The monoisotopic (exact) mass is 344 g/mol. The van der Waals surface area contributed by atoms with Crippen LogP contribution < -0.4 is 5.32 Å². The van der Waals surface area contributed by atoms with E-state index in [1.54, 1.807) is 28.6 Å². The molecule has 2 aliphatic rings. The van der Waals surface area contributed by atoms with Crippen LogP contribution in [-0.2, 0) is 10.0 Å². The van der Waals surface area contributed by atoms with E-state index in [-0.39, 0.29) is 0 Å². The molecule has 2 saturated heterocycles. The van der Waals surface area contributed by atoms with Gasteiger partial charge in [0.2, 0.25) is 10.0 Å². The smallest absolute Gasteiger partial charge is 0.243 e. The van der Waals surface area contributed by atoms with Gasteiger partial charge in [0, 0.05) is 17.6 Å². The van der Waals surface area contributed by atoms with Gasteiger partial charge in [-0.3, -0.25) is 0 Å². The number of hydrogen-bond acceptors (Lipinski definition) is 3. The van der Waals surface area contributed by atoms with Gasteiger partial charge in [0.25, 0.3) is 0 Å². The van der Waals surface area contributed by atoms with Crippen LogP contribution in [0.15, 0.2) is 33.6 Å². The second-order valence-corrected chi connectivity index (χ2v) is 8.26. The quantitative estimate of drug-likeness (QED) is 0.887. The van der Waals surface area contributed by atoms with Crippen molar-refractivity contribution < 1.29 is 8.42 Å². The first kappa shape index (κ1) is 13.5. The van der Waals surface area contributed by atoms with Gasteiger partial charge in [-0.2, -0.15) is 4.31 Å². The van der Waals surface area contributed by atoms with Crippen LogP contribution in [0.1, 0.15) is 6.42 Å². The molecule has 4 nitrogen and oxygen atoms in total. The van der Waals surface area contributed by atoms with Gasteiger partial charge in [-0.15, -0.1) is 0 Å². The molecule has 1 aromatic rings. The lowest BCUT2D eigenvalue weighted by atomic mass is 9.87. The fraction of sp³-hybridized carbons (Fsp3) is 0.538. The van der Waals surface area contributed by atoms with Crippen molar-refractivity contribution in [1.29, 1.82) is 0 Å². The highest BCUT2D eigenvalue weighted by Crippen LogP contribution is 2.29. The molecule has 0 aliphatic carbocycles. The Bertz CT molecular complexity index is 547. The molecule has 2 fully saturated rings. The summed E-state index contributed by atoms with van der Waals surface area (Å²) in [7, 11) is -3.34. The number of sulfonamides is 1. The molecule has 2 atom stereocenters. The van der Waals surface area contributed by atoms with E-state index in [4.69, 9.17) is 0 Å². The molecule has 0 spiro atoms. The summed E-state index contributed by atoms with van der Waals surface area (Å²) < 4.78 is 27.8. The second kappa shape index (κ2) is 5.16. The Morgan fingerprint density at radius 1 is 1.11 bits per heavy atom. The number of nitrogens with one attached hydrogen (secondary N) is 1. The number of hydrogen-bond donors (Lipinski definition) is 1. The zero-order valence-corrected chi connectivity index (χ0v) is 13.0. The maximum atomic E-state index is 12.6. The molecule has 2 aliphatic heterocycles. The van der Waals surface area contributed by atoms with Crippen molar-refractivity contribution in [2.75, 3.05) is 26.2 Å². The summed E-state index contributed by atoms with van der Waals surface area (Å²) >= 11 is 3.33. The summed E-state index contributed by atoms with van der Waals surface area (Å²) in [6.45, 7) is 3.15. The zero-order valence-electron chi connectivity index (χ0n) is 10.5. The van der Waals surface area contributed by atoms with E-state index in [0.29, 0.717) is 29.8 Å². The maximum absolute atomic E-state index is 12.6. The van der Waals surface area contributed by atoms with Gasteiger partial charge in [-0.25, -0.2) is 8.42 Å². The van der Waals surface area contributed by atoms with Crippen molar-refractivity contribution in [3.63, 3.8) is 0 Å². The van der Waals surface area contributed by atoms with Gasteiger partial charge in [0.15, 0.2) is 0 Å². The topological polar surface area (TPSA) is 49.4 Å².